The molecular formula is C14H14N4O2S. The third-order valence-corrected chi connectivity index (χ3v) is 4.39. The van der Waals surface area contributed by atoms with E-state index in [1.54, 1.807) is 23.5 Å². The quantitative estimate of drug-likeness (QED) is 0.647. The van der Waals surface area contributed by atoms with Gasteiger partial charge >= 0.3 is 11.1 Å². The van der Waals surface area contributed by atoms with Gasteiger partial charge in [0.05, 0.1) is 28.3 Å². The van der Waals surface area contributed by atoms with E-state index in [0.29, 0.717) is 11.0 Å². The normalized spacial score (nSPS) is 12.5. The van der Waals surface area contributed by atoms with E-state index in [4.69, 9.17) is 0 Å². The van der Waals surface area contributed by atoms with E-state index in [0.717, 1.165) is 11.4 Å². The van der Waals surface area contributed by atoms with Gasteiger partial charge in [0, 0.05) is 10.6 Å². The number of nitrogens with zero attached hydrogens (tertiary/aromatic N) is 1. The van der Waals surface area contributed by atoms with Crippen LogP contribution in [-0.4, -0.2) is 15.0 Å². The second kappa shape index (κ2) is 5.17. The minimum atomic E-state index is -0.647. The van der Waals surface area contributed by atoms with Crippen LogP contribution in [-0.2, 0) is 0 Å². The average molecular weight is 302 g/mol. The predicted octanol–water partition coefficient (Wildman–Crippen LogP) is 2.15. The third kappa shape index (κ3) is 2.59. The summed E-state index contributed by atoms with van der Waals surface area (Å²) in [5, 5.41) is 3.37. The summed E-state index contributed by atoms with van der Waals surface area (Å²) in [6, 6.07) is 5.55. The molecule has 0 spiro atoms. The van der Waals surface area contributed by atoms with Crippen LogP contribution in [0.3, 0.4) is 0 Å². The topological polar surface area (TPSA) is 90.6 Å². The molecule has 108 valence electrons. The minimum Gasteiger partial charge on any atom is -0.378 e. The molecule has 0 aliphatic carbocycles. The number of rotatable bonds is 3. The van der Waals surface area contributed by atoms with Crippen molar-refractivity contribution in [2.75, 3.05) is 5.32 Å². The maximum Gasteiger partial charge on any atom is 0.314 e. The summed E-state index contributed by atoms with van der Waals surface area (Å²) in [5.41, 5.74) is 3.61. The summed E-state index contributed by atoms with van der Waals surface area (Å²) in [7, 11) is 0. The Morgan fingerprint density at radius 1 is 1.19 bits per heavy atom. The smallest absolute Gasteiger partial charge is 0.314 e. The van der Waals surface area contributed by atoms with Crippen LogP contribution in [0.15, 0.2) is 33.3 Å². The fourth-order valence-electron chi connectivity index (χ4n) is 2.25. The van der Waals surface area contributed by atoms with Crippen molar-refractivity contribution >= 4 is 28.1 Å². The molecule has 0 amide bonds. The van der Waals surface area contributed by atoms with Gasteiger partial charge in [-0.05, 0) is 32.0 Å². The Morgan fingerprint density at radius 2 is 1.90 bits per heavy atom. The van der Waals surface area contributed by atoms with E-state index in [2.05, 4.69) is 27.2 Å². The van der Waals surface area contributed by atoms with E-state index >= 15 is 0 Å². The molecule has 0 radical (unpaired) electrons. The Balaban J connectivity index is 1.94. The van der Waals surface area contributed by atoms with E-state index in [9.17, 15) is 9.59 Å². The van der Waals surface area contributed by atoms with Crippen LogP contribution in [0.4, 0.5) is 5.69 Å². The van der Waals surface area contributed by atoms with Crippen molar-refractivity contribution in [1.29, 1.82) is 0 Å². The molecule has 21 heavy (non-hydrogen) atoms. The van der Waals surface area contributed by atoms with Crippen molar-refractivity contribution in [2.45, 2.75) is 19.9 Å². The van der Waals surface area contributed by atoms with Crippen LogP contribution in [0, 0.1) is 6.92 Å². The highest BCUT2D eigenvalue weighted by atomic mass is 32.1. The SMILES string of the molecule is Cc1ncsc1C(C)Nc1ccc2[nH]c(=O)c(=O)[nH]c2c1. The molecule has 2 aromatic heterocycles. The molecular weight excluding hydrogens is 288 g/mol. The second-order valence-corrected chi connectivity index (χ2v) is 5.72. The fraction of sp³-hybridized carbons (Fsp3) is 0.214. The third-order valence-electron chi connectivity index (χ3n) is 3.28. The molecule has 3 N–H and O–H groups in total. The number of H-pyrrole nitrogens is 2. The monoisotopic (exact) mass is 302 g/mol. The number of thiazole rings is 1. The Bertz CT molecular complexity index is 909. The molecule has 0 saturated heterocycles. The number of hydrogen-bond acceptors (Lipinski definition) is 5. The minimum absolute atomic E-state index is 0.115. The molecule has 1 atom stereocenters. The van der Waals surface area contributed by atoms with Crippen molar-refractivity contribution in [3.05, 3.63) is 55.0 Å². The van der Waals surface area contributed by atoms with Gasteiger partial charge in [0.1, 0.15) is 0 Å². The maximum atomic E-state index is 11.4. The van der Waals surface area contributed by atoms with Gasteiger partial charge in [0.2, 0.25) is 0 Å². The lowest BCUT2D eigenvalue weighted by Gasteiger charge is -2.14. The lowest BCUT2D eigenvalue weighted by molar-refractivity contribution is 0.891. The zero-order valence-corrected chi connectivity index (χ0v) is 12.4. The summed E-state index contributed by atoms with van der Waals surface area (Å²) in [6.07, 6.45) is 0. The van der Waals surface area contributed by atoms with Gasteiger partial charge in [0.15, 0.2) is 0 Å². The summed E-state index contributed by atoms with van der Waals surface area (Å²) < 4.78 is 0. The van der Waals surface area contributed by atoms with Gasteiger partial charge in [-0.15, -0.1) is 11.3 Å². The lowest BCUT2D eigenvalue weighted by Crippen LogP contribution is -2.28. The van der Waals surface area contributed by atoms with Crippen LogP contribution >= 0.6 is 11.3 Å². The standard InChI is InChI=1S/C14H14N4O2S/c1-7-12(21-6-15-7)8(2)16-9-3-4-10-11(5-9)18-14(20)13(19)17-10/h3-6,8,16H,1-2H3,(H,17,19)(H,18,20). The summed E-state index contributed by atoms with van der Waals surface area (Å²) in [5.74, 6) is 0. The summed E-state index contributed by atoms with van der Waals surface area (Å²) in [4.78, 5) is 33.2. The van der Waals surface area contributed by atoms with Crippen molar-refractivity contribution < 1.29 is 0 Å². The van der Waals surface area contributed by atoms with E-state index in [1.165, 1.54) is 4.88 Å². The largest absolute Gasteiger partial charge is 0.378 e. The maximum absolute atomic E-state index is 11.4. The number of aromatic nitrogens is 3. The Morgan fingerprint density at radius 3 is 2.57 bits per heavy atom. The van der Waals surface area contributed by atoms with E-state index < -0.39 is 11.1 Å². The lowest BCUT2D eigenvalue weighted by atomic mass is 10.2. The van der Waals surface area contributed by atoms with Crippen LogP contribution in [0.2, 0.25) is 0 Å². The van der Waals surface area contributed by atoms with Gasteiger partial charge in [-0.3, -0.25) is 9.59 Å². The second-order valence-electron chi connectivity index (χ2n) is 4.84. The van der Waals surface area contributed by atoms with Gasteiger partial charge in [-0.1, -0.05) is 0 Å². The van der Waals surface area contributed by atoms with Crippen molar-refractivity contribution in [3.63, 3.8) is 0 Å². The summed E-state index contributed by atoms with van der Waals surface area (Å²) in [6.45, 7) is 4.03. The number of aromatic amines is 2. The Kier molecular flexibility index (Phi) is 3.34. The summed E-state index contributed by atoms with van der Waals surface area (Å²) >= 11 is 1.61. The Labute approximate surface area is 123 Å². The predicted molar refractivity (Wildman–Crippen MR) is 84.1 cm³/mol. The van der Waals surface area contributed by atoms with Gasteiger partial charge < -0.3 is 15.3 Å². The van der Waals surface area contributed by atoms with Crippen LogP contribution < -0.4 is 16.4 Å². The van der Waals surface area contributed by atoms with Crippen LogP contribution in [0.1, 0.15) is 23.5 Å². The van der Waals surface area contributed by atoms with Gasteiger partial charge in [-0.25, -0.2) is 4.98 Å². The first-order valence-electron chi connectivity index (χ1n) is 6.47. The first-order valence-corrected chi connectivity index (χ1v) is 7.35. The van der Waals surface area contributed by atoms with Crippen molar-refractivity contribution in [3.8, 4) is 0 Å². The molecule has 7 heteroatoms. The first-order chi connectivity index (χ1) is 10.0. The van der Waals surface area contributed by atoms with Gasteiger partial charge in [-0.2, -0.15) is 0 Å². The molecule has 0 bridgehead atoms. The molecule has 3 rings (SSSR count). The zero-order chi connectivity index (χ0) is 15.0. The number of hydrogen-bond donors (Lipinski definition) is 3. The highest BCUT2D eigenvalue weighted by Gasteiger charge is 2.11. The molecule has 0 aliphatic rings. The van der Waals surface area contributed by atoms with Crippen molar-refractivity contribution in [2.24, 2.45) is 0 Å². The number of aryl methyl sites for hydroxylation is 1. The number of nitrogens with one attached hydrogen (secondary N) is 3. The highest BCUT2D eigenvalue weighted by Crippen LogP contribution is 2.25. The molecule has 0 aliphatic heterocycles. The Hall–Kier alpha value is -2.41. The number of fused-ring (bicyclic) bond motifs is 1. The molecule has 1 aromatic carbocycles. The molecule has 0 fully saturated rings. The molecule has 2 heterocycles. The molecule has 6 nitrogen and oxygen atoms in total. The average Bonchev–Trinajstić information content (AvgIpc) is 2.87. The number of benzene rings is 1. The van der Waals surface area contributed by atoms with Crippen LogP contribution in [0.5, 0.6) is 0 Å². The van der Waals surface area contributed by atoms with Crippen LogP contribution in [0.25, 0.3) is 11.0 Å². The van der Waals surface area contributed by atoms with Crippen molar-refractivity contribution in [1.82, 2.24) is 15.0 Å². The zero-order valence-electron chi connectivity index (χ0n) is 11.6. The highest BCUT2D eigenvalue weighted by molar-refractivity contribution is 7.09. The first kappa shape index (κ1) is 13.6. The van der Waals surface area contributed by atoms with E-state index in [1.807, 2.05) is 18.5 Å². The molecule has 0 saturated carbocycles. The molecule has 3 aromatic rings. The van der Waals surface area contributed by atoms with E-state index in [-0.39, 0.29) is 6.04 Å². The van der Waals surface area contributed by atoms with Gasteiger partial charge in [0.25, 0.3) is 0 Å². The fourth-order valence-corrected chi connectivity index (χ4v) is 3.06. The number of anilines is 1. The molecule has 1 unspecified atom stereocenters.